The molecule has 2 unspecified atom stereocenters. The van der Waals surface area contributed by atoms with Crippen molar-refractivity contribution in [2.24, 2.45) is 5.92 Å². The Morgan fingerprint density at radius 3 is 2.55 bits per heavy atom. The third-order valence-corrected chi connectivity index (χ3v) is 4.05. The summed E-state index contributed by atoms with van der Waals surface area (Å²) in [6.07, 6.45) is 5.15. The second kappa shape index (κ2) is 7.02. The van der Waals surface area contributed by atoms with Crippen LogP contribution in [0.2, 0.25) is 0 Å². The normalized spacial score (nSPS) is 18.6. The average Bonchev–Trinajstić information content (AvgIpc) is 2.33. The summed E-state index contributed by atoms with van der Waals surface area (Å²) in [5.74, 6) is 1.09. The number of hydrogen-bond acceptors (Lipinski definition) is 2. The van der Waals surface area contributed by atoms with Crippen molar-refractivity contribution in [3.05, 3.63) is 29.8 Å². The molecule has 1 aromatic carbocycles. The predicted octanol–water partition coefficient (Wildman–Crippen LogP) is 4.52. The fourth-order valence-electron chi connectivity index (χ4n) is 2.85. The highest BCUT2D eigenvalue weighted by Gasteiger charge is 2.22. The van der Waals surface area contributed by atoms with Gasteiger partial charge in [-0.25, -0.2) is 0 Å². The molecule has 0 radical (unpaired) electrons. The molecule has 1 aliphatic carbocycles. The molecule has 0 aliphatic heterocycles. The van der Waals surface area contributed by atoms with Crippen LogP contribution in [0.3, 0.4) is 0 Å². The quantitative estimate of drug-likeness (QED) is 0.794. The molecular weight excluding hydrogens is 260 g/mol. The van der Waals surface area contributed by atoms with E-state index in [1.165, 1.54) is 19.3 Å². The van der Waals surface area contributed by atoms with E-state index in [0.29, 0.717) is 6.04 Å². The lowest BCUT2D eigenvalue weighted by Gasteiger charge is -2.30. The van der Waals surface area contributed by atoms with Crippen LogP contribution in [0, 0.1) is 5.92 Å². The van der Waals surface area contributed by atoms with Crippen LogP contribution < -0.4 is 10.1 Å². The Bertz CT molecular complexity index is 421. The molecule has 1 saturated carbocycles. The molecule has 0 bridgehead atoms. The zero-order chi connectivity index (χ0) is 14.5. The van der Waals surface area contributed by atoms with Crippen molar-refractivity contribution >= 4 is 0 Å². The first kappa shape index (κ1) is 15.2. The third kappa shape index (κ3) is 4.17. The summed E-state index contributed by atoms with van der Waals surface area (Å²) in [5, 5.41) is 3.48. The summed E-state index contributed by atoms with van der Waals surface area (Å²) < 4.78 is 29.4. The van der Waals surface area contributed by atoms with E-state index < -0.39 is 6.61 Å². The topological polar surface area (TPSA) is 21.3 Å². The zero-order valence-corrected chi connectivity index (χ0v) is 12.1. The van der Waals surface area contributed by atoms with Gasteiger partial charge in [0.1, 0.15) is 5.75 Å². The molecule has 20 heavy (non-hydrogen) atoms. The molecule has 2 rings (SSSR count). The first-order valence-electron chi connectivity index (χ1n) is 7.36. The van der Waals surface area contributed by atoms with Crippen molar-refractivity contribution in [1.29, 1.82) is 0 Å². The van der Waals surface area contributed by atoms with Crippen molar-refractivity contribution in [3.8, 4) is 5.75 Å². The summed E-state index contributed by atoms with van der Waals surface area (Å²) in [4.78, 5) is 0. The Morgan fingerprint density at radius 1 is 1.25 bits per heavy atom. The summed E-state index contributed by atoms with van der Waals surface area (Å²) in [7, 11) is 0. The Morgan fingerprint density at radius 2 is 1.95 bits per heavy atom. The van der Waals surface area contributed by atoms with Gasteiger partial charge in [0.05, 0.1) is 0 Å². The van der Waals surface area contributed by atoms with Crippen molar-refractivity contribution in [1.82, 2.24) is 5.32 Å². The summed E-state index contributed by atoms with van der Waals surface area (Å²) in [5.41, 5.74) is 0.785. The van der Waals surface area contributed by atoms with Crippen LogP contribution in [-0.4, -0.2) is 12.7 Å². The molecule has 1 aliphatic rings. The Kier molecular flexibility index (Phi) is 5.35. The van der Waals surface area contributed by atoms with Gasteiger partial charge in [-0.15, -0.1) is 0 Å². The van der Waals surface area contributed by atoms with Crippen molar-refractivity contribution in [2.75, 3.05) is 0 Å². The molecule has 0 spiro atoms. The monoisotopic (exact) mass is 283 g/mol. The number of hydrogen-bond donors (Lipinski definition) is 1. The highest BCUT2D eigenvalue weighted by atomic mass is 19.3. The van der Waals surface area contributed by atoms with E-state index in [0.717, 1.165) is 17.9 Å². The summed E-state index contributed by atoms with van der Waals surface area (Å²) >= 11 is 0. The van der Waals surface area contributed by atoms with Crippen LogP contribution in [0.4, 0.5) is 8.78 Å². The molecule has 0 heterocycles. The lowest BCUT2D eigenvalue weighted by atomic mass is 9.81. The maximum atomic E-state index is 12.4. The molecule has 2 atom stereocenters. The number of benzene rings is 1. The summed E-state index contributed by atoms with van der Waals surface area (Å²) in [6, 6.07) is 7.38. The van der Waals surface area contributed by atoms with Crippen LogP contribution in [0.5, 0.6) is 5.75 Å². The maximum absolute atomic E-state index is 12.4. The molecule has 0 aromatic heterocycles. The molecule has 1 aromatic rings. The molecule has 0 saturated heterocycles. The molecular formula is C16H23F2NO. The predicted molar refractivity (Wildman–Crippen MR) is 76.0 cm³/mol. The Labute approximate surface area is 119 Å². The standard InChI is InChI=1S/C16H23F2NO/c1-11(10-13-6-5-7-13)19-12(2)14-8-3-4-9-15(14)20-16(17)18/h3-4,8-9,11-13,16,19H,5-7,10H2,1-2H3. The molecule has 1 N–H and O–H groups in total. The minimum Gasteiger partial charge on any atom is -0.434 e. The molecule has 2 nitrogen and oxygen atoms in total. The first-order chi connectivity index (χ1) is 9.56. The Balaban J connectivity index is 1.94. The average molecular weight is 283 g/mol. The minimum absolute atomic E-state index is 0.0000246. The van der Waals surface area contributed by atoms with Crippen LogP contribution in [-0.2, 0) is 0 Å². The van der Waals surface area contributed by atoms with E-state index in [1.807, 2.05) is 19.1 Å². The van der Waals surface area contributed by atoms with Gasteiger partial charge in [0, 0.05) is 17.6 Å². The molecule has 112 valence electrons. The lowest BCUT2D eigenvalue weighted by Crippen LogP contribution is -2.32. The van der Waals surface area contributed by atoms with Gasteiger partial charge in [-0.3, -0.25) is 0 Å². The fraction of sp³-hybridized carbons (Fsp3) is 0.625. The number of rotatable bonds is 7. The van der Waals surface area contributed by atoms with E-state index in [4.69, 9.17) is 0 Å². The third-order valence-electron chi connectivity index (χ3n) is 4.05. The number of para-hydroxylation sites is 1. The smallest absolute Gasteiger partial charge is 0.387 e. The van der Waals surface area contributed by atoms with Gasteiger partial charge < -0.3 is 10.1 Å². The van der Waals surface area contributed by atoms with Gasteiger partial charge in [-0.1, -0.05) is 37.5 Å². The van der Waals surface area contributed by atoms with Gasteiger partial charge >= 0.3 is 6.61 Å². The van der Waals surface area contributed by atoms with Gasteiger partial charge in [0.15, 0.2) is 0 Å². The van der Waals surface area contributed by atoms with Crippen LogP contribution in [0.25, 0.3) is 0 Å². The first-order valence-corrected chi connectivity index (χ1v) is 7.36. The van der Waals surface area contributed by atoms with Crippen LogP contribution in [0.1, 0.15) is 51.1 Å². The molecule has 4 heteroatoms. The van der Waals surface area contributed by atoms with Gasteiger partial charge in [-0.2, -0.15) is 8.78 Å². The second-order valence-electron chi connectivity index (χ2n) is 5.74. The number of alkyl halides is 2. The SMILES string of the molecule is CC(CC1CCC1)NC(C)c1ccccc1OC(F)F. The van der Waals surface area contributed by atoms with Gasteiger partial charge in [0.25, 0.3) is 0 Å². The fourth-order valence-corrected chi connectivity index (χ4v) is 2.85. The van der Waals surface area contributed by atoms with E-state index in [1.54, 1.807) is 12.1 Å². The zero-order valence-electron chi connectivity index (χ0n) is 12.1. The van der Waals surface area contributed by atoms with Crippen LogP contribution >= 0.6 is 0 Å². The lowest BCUT2D eigenvalue weighted by molar-refractivity contribution is -0.0506. The largest absolute Gasteiger partial charge is 0.434 e. The summed E-state index contributed by atoms with van der Waals surface area (Å²) in [6.45, 7) is 1.37. The highest BCUT2D eigenvalue weighted by molar-refractivity contribution is 5.35. The molecule has 0 amide bonds. The van der Waals surface area contributed by atoms with Crippen LogP contribution in [0.15, 0.2) is 24.3 Å². The van der Waals surface area contributed by atoms with E-state index in [2.05, 4.69) is 17.0 Å². The Hall–Kier alpha value is -1.16. The minimum atomic E-state index is -2.78. The van der Waals surface area contributed by atoms with Gasteiger partial charge in [-0.05, 0) is 32.3 Å². The number of nitrogens with one attached hydrogen (secondary N) is 1. The number of halogens is 2. The van der Waals surface area contributed by atoms with Crippen molar-refractivity contribution in [3.63, 3.8) is 0 Å². The maximum Gasteiger partial charge on any atom is 0.387 e. The van der Waals surface area contributed by atoms with E-state index in [-0.39, 0.29) is 11.8 Å². The van der Waals surface area contributed by atoms with Crippen molar-refractivity contribution < 1.29 is 13.5 Å². The number of ether oxygens (including phenoxy) is 1. The highest BCUT2D eigenvalue weighted by Crippen LogP contribution is 2.32. The van der Waals surface area contributed by atoms with Crippen molar-refractivity contribution in [2.45, 2.75) is 58.2 Å². The van der Waals surface area contributed by atoms with Gasteiger partial charge in [0.2, 0.25) is 0 Å². The van der Waals surface area contributed by atoms with E-state index >= 15 is 0 Å². The molecule has 1 fully saturated rings. The second-order valence-corrected chi connectivity index (χ2v) is 5.74. The van der Waals surface area contributed by atoms with E-state index in [9.17, 15) is 8.78 Å².